The zero-order valence-corrected chi connectivity index (χ0v) is 13.0. The number of para-hydroxylation sites is 1. The summed E-state index contributed by atoms with van der Waals surface area (Å²) in [5, 5.41) is 6.21. The van der Waals surface area contributed by atoms with Crippen molar-refractivity contribution in [2.24, 2.45) is 0 Å². The first-order valence-corrected chi connectivity index (χ1v) is 7.55. The second-order valence-corrected chi connectivity index (χ2v) is 4.83. The lowest BCUT2D eigenvalue weighted by atomic mass is 10.0. The molecule has 0 aliphatic rings. The molecule has 1 amide bonds. The number of amides is 1. The van der Waals surface area contributed by atoms with Crippen LogP contribution in [0, 0.1) is 0 Å². The molecule has 0 spiro atoms. The molecule has 0 radical (unpaired) electrons. The third-order valence-electron chi connectivity index (χ3n) is 3.15. The first kappa shape index (κ1) is 17.2. The molecule has 0 aliphatic heterocycles. The molecule has 0 aliphatic carbocycles. The van der Waals surface area contributed by atoms with Crippen LogP contribution in [0.2, 0.25) is 0 Å². The maximum Gasteiger partial charge on any atom is 0.258 e. The molecule has 0 aromatic heterocycles. The van der Waals surface area contributed by atoms with Crippen LogP contribution in [0.4, 0.5) is 0 Å². The molecule has 1 unspecified atom stereocenters. The van der Waals surface area contributed by atoms with Gasteiger partial charge in [0, 0.05) is 18.2 Å². The Morgan fingerprint density at radius 3 is 2.81 bits per heavy atom. The van der Waals surface area contributed by atoms with Crippen LogP contribution < -0.4 is 15.4 Å². The largest absolute Gasteiger partial charge is 0.483 e. The van der Waals surface area contributed by atoms with Crippen molar-refractivity contribution in [3.63, 3.8) is 0 Å². The van der Waals surface area contributed by atoms with Crippen molar-refractivity contribution in [2.75, 3.05) is 19.7 Å². The standard InChI is InChI=1S/C17H26N2O2/c1-4-11-18-15(6-3)14-9-7-8-10-16(14)21-13-17(20)19-12-5-2/h5,7-10,15,18H,2,4,6,11-13H2,1,3H3,(H,19,20). The fraction of sp³-hybridized carbons (Fsp3) is 0.471. The van der Waals surface area contributed by atoms with Gasteiger partial charge in [-0.2, -0.15) is 0 Å². The maximum absolute atomic E-state index is 11.6. The van der Waals surface area contributed by atoms with E-state index in [2.05, 4.69) is 31.1 Å². The van der Waals surface area contributed by atoms with Crippen LogP contribution in [0.1, 0.15) is 38.3 Å². The predicted octanol–water partition coefficient (Wildman–Crippen LogP) is 2.82. The summed E-state index contributed by atoms with van der Waals surface area (Å²) < 4.78 is 5.67. The average Bonchev–Trinajstić information content (AvgIpc) is 2.52. The van der Waals surface area contributed by atoms with Crippen LogP contribution in [0.25, 0.3) is 0 Å². The van der Waals surface area contributed by atoms with Crippen molar-refractivity contribution in [2.45, 2.75) is 32.7 Å². The highest BCUT2D eigenvalue weighted by Gasteiger charge is 2.14. The number of hydrogen-bond donors (Lipinski definition) is 2. The molecule has 0 saturated heterocycles. The minimum absolute atomic E-state index is 0.0229. The summed E-state index contributed by atoms with van der Waals surface area (Å²) in [6.45, 7) is 9.29. The molecule has 4 heteroatoms. The summed E-state index contributed by atoms with van der Waals surface area (Å²) in [5.41, 5.74) is 1.10. The zero-order valence-electron chi connectivity index (χ0n) is 13.0. The van der Waals surface area contributed by atoms with Crippen molar-refractivity contribution < 1.29 is 9.53 Å². The van der Waals surface area contributed by atoms with Gasteiger partial charge in [0.1, 0.15) is 5.75 Å². The first-order chi connectivity index (χ1) is 10.2. The normalized spacial score (nSPS) is 11.7. The molecule has 0 heterocycles. The molecule has 2 N–H and O–H groups in total. The fourth-order valence-electron chi connectivity index (χ4n) is 2.07. The summed E-state index contributed by atoms with van der Waals surface area (Å²) in [4.78, 5) is 11.6. The quantitative estimate of drug-likeness (QED) is 0.652. The van der Waals surface area contributed by atoms with Crippen molar-refractivity contribution in [3.8, 4) is 5.75 Å². The Balaban J connectivity index is 2.69. The molecule has 116 valence electrons. The monoisotopic (exact) mass is 290 g/mol. The summed E-state index contributed by atoms with van der Waals surface area (Å²) in [6, 6.07) is 8.13. The molecule has 1 rings (SSSR count). The van der Waals surface area contributed by atoms with Crippen LogP contribution >= 0.6 is 0 Å². The second kappa shape index (κ2) is 10.00. The van der Waals surface area contributed by atoms with Gasteiger partial charge in [0.05, 0.1) is 0 Å². The summed E-state index contributed by atoms with van der Waals surface area (Å²) >= 11 is 0. The van der Waals surface area contributed by atoms with E-state index in [1.165, 1.54) is 0 Å². The van der Waals surface area contributed by atoms with Gasteiger partial charge in [-0.05, 0) is 25.5 Å². The lowest BCUT2D eigenvalue weighted by Gasteiger charge is -2.20. The lowest BCUT2D eigenvalue weighted by molar-refractivity contribution is -0.122. The molecular formula is C17H26N2O2. The van der Waals surface area contributed by atoms with Crippen molar-refractivity contribution in [1.29, 1.82) is 0 Å². The molecule has 1 aromatic rings. The molecule has 0 fully saturated rings. The van der Waals surface area contributed by atoms with E-state index < -0.39 is 0 Å². The van der Waals surface area contributed by atoms with Gasteiger partial charge in [-0.1, -0.05) is 38.1 Å². The van der Waals surface area contributed by atoms with Crippen LogP contribution in [0.15, 0.2) is 36.9 Å². The van der Waals surface area contributed by atoms with Gasteiger partial charge in [-0.25, -0.2) is 0 Å². The molecule has 1 atom stereocenters. The Morgan fingerprint density at radius 1 is 1.38 bits per heavy atom. The van der Waals surface area contributed by atoms with Gasteiger partial charge in [-0.3, -0.25) is 4.79 Å². The van der Waals surface area contributed by atoms with E-state index in [9.17, 15) is 4.79 Å². The van der Waals surface area contributed by atoms with Crippen LogP contribution in [-0.2, 0) is 4.79 Å². The Kier molecular flexibility index (Phi) is 8.21. The highest BCUT2D eigenvalue weighted by atomic mass is 16.5. The van der Waals surface area contributed by atoms with E-state index in [-0.39, 0.29) is 18.6 Å². The topological polar surface area (TPSA) is 50.4 Å². The van der Waals surface area contributed by atoms with E-state index in [1.807, 2.05) is 24.3 Å². The molecule has 0 bridgehead atoms. The number of carbonyl (C=O) groups is 1. The minimum Gasteiger partial charge on any atom is -0.483 e. The highest BCUT2D eigenvalue weighted by molar-refractivity contribution is 5.77. The number of rotatable bonds is 10. The van der Waals surface area contributed by atoms with Crippen molar-refractivity contribution in [1.82, 2.24) is 10.6 Å². The average molecular weight is 290 g/mol. The summed E-state index contributed by atoms with van der Waals surface area (Å²) in [7, 11) is 0. The minimum atomic E-state index is -0.140. The summed E-state index contributed by atoms with van der Waals surface area (Å²) in [6.07, 6.45) is 3.71. The van der Waals surface area contributed by atoms with E-state index in [1.54, 1.807) is 6.08 Å². The molecule has 1 aromatic carbocycles. The Labute approximate surface area is 127 Å². The van der Waals surface area contributed by atoms with Crippen LogP contribution in [0.3, 0.4) is 0 Å². The van der Waals surface area contributed by atoms with Crippen LogP contribution in [-0.4, -0.2) is 25.6 Å². The predicted molar refractivity (Wildman–Crippen MR) is 86.5 cm³/mol. The Bertz CT molecular complexity index is 446. The maximum atomic E-state index is 11.6. The number of carbonyl (C=O) groups excluding carboxylic acids is 1. The highest BCUT2D eigenvalue weighted by Crippen LogP contribution is 2.27. The first-order valence-electron chi connectivity index (χ1n) is 7.55. The Morgan fingerprint density at radius 2 is 2.14 bits per heavy atom. The van der Waals surface area contributed by atoms with Gasteiger partial charge in [0.25, 0.3) is 5.91 Å². The van der Waals surface area contributed by atoms with Crippen molar-refractivity contribution >= 4 is 5.91 Å². The van der Waals surface area contributed by atoms with E-state index in [0.717, 1.165) is 30.7 Å². The second-order valence-electron chi connectivity index (χ2n) is 4.83. The molecule has 4 nitrogen and oxygen atoms in total. The van der Waals surface area contributed by atoms with E-state index >= 15 is 0 Å². The fourth-order valence-corrected chi connectivity index (χ4v) is 2.07. The number of benzene rings is 1. The van der Waals surface area contributed by atoms with Crippen molar-refractivity contribution in [3.05, 3.63) is 42.5 Å². The molecular weight excluding hydrogens is 264 g/mol. The lowest BCUT2D eigenvalue weighted by Crippen LogP contribution is -2.29. The van der Waals surface area contributed by atoms with E-state index in [4.69, 9.17) is 4.74 Å². The van der Waals surface area contributed by atoms with Gasteiger partial charge in [0.15, 0.2) is 6.61 Å². The molecule has 0 saturated carbocycles. The third kappa shape index (κ3) is 6.00. The smallest absolute Gasteiger partial charge is 0.258 e. The number of nitrogens with one attached hydrogen (secondary N) is 2. The number of hydrogen-bond acceptors (Lipinski definition) is 3. The summed E-state index contributed by atoms with van der Waals surface area (Å²) in [5.74, 6) is 0.626. The SMILES string of the molecule is C=CCNC(=O)COc1ccccc1C(CC)NCCC. The van der Waals surface area contributed by atoms with Gasteiger partial charge >= 0.3 is 0 Å². The van der Waals surface area contributed by atoms with Gasteiger partial charge in [-0.15, -0.1) is 6.58 Å². The Hall–Kier alpha value is -1.81. The van der Waals surface area contributed by atoms with Crippen LogP contribution in [0.5, 0.6) is 5.75 Å². The molecule has 21 heavy (non-hydrogen) atoms. The zero-order chi connectivity index (χ0) is 15.5. The van der Waals surface area contributed by atoms with Gasteiger partial charge in [0.2, 0.25) is 0 Å². The number of ether oxygens (including phenoxy) is 1. The third-order valence-corrected chi connectivity index (χ3v) is 3.15. The van der Waals surface area contributed by atoms with E-state index in [0.29, 0.717) is 6.54 Å². The van der Waals surface area contributed by atoms with Gasteiger partial charge < -0.3 is 15.4 Å².